The molecule has 144 valence electrons. The molecule has 0 aliphatic carbocycles. The Balaban J connectivity index is 1.79. The second-order valence-corrected chi connectivity index (χ2v) is 6.83. The van der Waals surface area contributed by atoms with E-state index in [-0.39, 0.29) is 0 Å². The SMILES string of the molecule is CC(=O)OC1C(C)C(C(=O)O)N2C(=O)C(NC(=O)C(N)c3ccccc3)[C@@H]12. The van der Waals surface area contributed by atoms with Crippen molar-refractivity contribution in [2.75, 3.05) is 0 Å². The molecule has 1 aromatic carbocycles. The number of carbonyl (C=O) groups is 4. The number of nitrogens with zero attached hydrogens (tertiary/aromatic N) is 1. The smallest absolute Gasteiger partial charge is 0.326 e. The quantitative estimate of drug-likeness (QED) is 0.462. The van der Waals surface area contributed by atoms with Crippen molar-refractivity contribution < 1.29 is 29.0 Å². The Morgan fingerprint density at radius 1 is 1.26 bits per heavy atom. The Hall–Kier alpha value is -2.94. The van der Waals surface area contributed by atoms with Crippen molar-refractivity contribution in [1.82, 2.24) is 10.2 Å². The number of nitrogens with one attached hydrogen (secondary N) is 1. The van der Waals surface area contributed by atoms with Crippen molar-refractivity contribution in [1.29, 1.82) is 0 Å². The van der Waals surface area contributed by atoms with Crippen molar-refractivity contribution in [2.24, 2.45) is 11.7 Å². The molecule has 3 rings (SSSR count). The van der Waals surface area contributed by atoms with Gasteiger partial charge in [-0.15, -0.1) is 0 Å². The maximum atomic E-state index is 12.5. The summed E-state index contributed by atoms with van der Waals surface area (Å²) in [5.74, 6) is -3.45. The first-order chi connectivity index (χ1) is 12.7. The van der Waals surface area contributed by atoms with Gasteiger partial charge in [0.1, 0.15) is 24.2 Å². The zero-order chi connectivity index (χ0) is 19.9. The Morgan fingerprint density at radius 3 is 2.44 bits per heavy atom. The predicted octanol–water partition coefficient (Wildman–Crippen LogP) is -0.583. The van der Waals surface area contributed by atoms with Crippen LogP contribution in [0.1, 0.15) is 25.5 Å². The largest absolute Gasteiger partial charge is 0.480 e. The molecule has 5 unspecified atom stereocenters. The zero-order valence-electron chi connectivity index (χ0n) is 14.9. The number of benzene rings is 1. The highest BCUT2D eigenvalue weighted by molar-refractivity contribution is 5.98. The van der Waals surface area contributed by atoms with Crippen molar-refractivity contribution in [3.8, 4) is 0 Å². The van der Waals surface area contributed by atoms with E-state index in [1.165, 1.54) is 11.8 Å². The average Bonchev–Trinajstić information content (AvgIpc) is 2.88. The van der Waals surface area contributed by atoms with Crippen molar-refractivity contribution in [3.63, 3.8) is 0 Å². The van der Waals surface area contributed by atoms with Crippen LogP contribution in [-0.2, 0) is 23.9 Å². The molecule has 0 saturated carbocycles. The molecule has 2 aliphatic heterocycles. The first-order valence-electron chi connectivity index (χ1n) is 8.57. The van der Waals surface area contributed by atoms with Crippen LogP contribution >= 0.6 is 0 Å². The molecule has 0 spiro atoms. The minimum absolute atomic E-state index is 0.525. The van der Waals surface area contributed by atoms with Gasteiger partial charge in [0.25, 0.3) is 0 Å². The summed E-state index contributed by atoms with van der Waals surface area (Å²) < 4.78 is 5.26. The van der Waals surface area contributed by atoms with E-state index < -0.39 is 59.9 Å². The third-order valence-corrected chi connectivity index (χ3v) is 5.13. The lowest BCUT2D eigenvalue weighted by Gasteiger charge is -2.45. The Bertz CT molecular complexity index is 783. The fourth-order valence-corrected chi connectivity index (χ4v) is 3.86. The molecule has 0 aromatic heterocycles. The summed E-state index contributed by atoms with van der Waals surface area (Å²) in [5, 5.41) is 12.0. The molecule has 2 amide bonds. The highest BCUT2D eigenvalue weighted by Crippen LogP contribution is 2.41. The highest BCUT2D eigenvalue weighted by atomic mass is 16.5. The topological polar surface area (TPSA) is 139 Å². The number of hydrogen-bond donors (Lipinski definition) is 3. The molecule has 0 radical (unpaired) electrons. The third-order valence-electron chi connectivity index (χ3n) is 5.13. The molecule has 2 saturated heterocycles. The number of esters is 1. The highest BCUT2D eigenvalue weighted by Gasteiger charge is 2.65. The summed E-state index contributed by atoms with van der Waals surface area (Å²) in [4.78, 5) is 49.1. The molecule has 6 atom stereocenters. The van der Waals surface area contributed by atoms with Crippen molar-refractivity contribution in [2.45, 2.75) is 44.1 Å². The zero-order valence-corrected chi connectivity index (χ0v) is 14.9. The van der Waals surface area contributed by atoms with E-state index in [4.69, 9.17) is 10.5 Å². The number of carbonyl (C=O) groups excluding carboxylic acids is 3. The lowest BCUT2D eigenvalue weighted by Crippen LogP contribution is -2.73. The van der Waals surface area contributed by atoms with Crippen molar-refractivity contribution >= 4 is 23.8 Å². The second-order valence-electron chi connectivity index (χ2n) is 6.83. The van der Waals surface area contributed by atoms with Crippen LogP contribution in [0.5, 0.6) is 0 Å². The van der Waals surface area contributed by atoms with Crippen LogP contribution in [0.15, 0.2) is 30.3 Å². The van der Waals surface area contributed by atoms with Crippen LogP contribution in [0.3, 0.4) is 0 Å². The number of β-lactam (4-membered cyclic amide) rings is 1. The van der Waals surface area contributed by atoms with Crippen LogP contribution in [0, 0.1) is 5.92 Å². The first kappa shape index (κ1) is 18.8. The number of fused-ring (bicyclic) bond motifs is 1. The number of ether oxygens (including phenoxy) is 1. The number of hydrogen-bond acceptors (Lipinski definition) is 6. The molecular formula is C18H21N3O6. The van der Waals surface area contributed by atoms with E-state index in [1.54, 1.807) is 37.3 Å². The minimum atomic E-state index is -1.18. The standard InChI is InChI=1S/C18H21N3O6/c1-8-13(18(25)26)21-14(15(8)27-9(2)22)12(17(21)24)20-16(23)11(19)10-6-4-3-5-7-10/h3-8,11-15H,19H2,1-2H3,(H,20,23)(H,25,26)/t8?,11?,12?,13?,14-,15?/m0/s1. The fraction of sp³-hybridized carbons (Fsp3) is 0.444. The fourth-order valence-electron chi connectivity index (χ4n) is 3.86. The van der Waals surface area contributed by atoms with Gasteiger partial charge in [0.05, 0.1) is 6.04 Å². The second kappa shape index (κ2) is 6.99. The summed E-state index contributed by atoms with van der Waals surface area (Å²) in [5.41, 5.74) is 6.53. The van der Waals surface area contributed by atoms with E-state index in [2.05, 4.69) is 5.32 Å². The Kier molecular flexibility index (Phi) is 4.88. The molecule has 9 heteroatoms. The Morgan fingerprint density at radius 2 is 1.89 bits per heavy atom. The Labute approximate surface area is 155 Å². The van der Waals surface area contributed by atoms with E-state index in [1.807, 2.05) is 0 Å². The molecular weight excluding hydrogens is 354 g/mol. The lowest BCUT2D eigenvalue weighted by atomic mass is 9.91. The number of rotatable bonds is 5. The van der Waals surface area contributed by atoms with Crippen LogP contribution < -0.4 is 11.1 Å². The van der Waals surface area contributed by atoms with E-state index in [0.717, 1.165) is 0 Å². The molecule has 1 aromatic rings. The summed E-state index contributed by atoms with van der Waals surface area (Å²) in [6.07, 6.45) is -0.820. The molecule has 4 N–H and O–H groups in total. The molecule has 2 aliphatic rings. The number of amides is 2. The van der Waals surface area contributed by atoms with E-state index >= 15 is 0 Å². The van der Waals surface area contributed by atoms with Crippen LogP contribution in [0.25, 0.3) is 0 Å². The van der Waals surface area contributed by atoms with Crippen LogP contribution in [-0.4, -0.2) is 58.0 Å². The van der Waals surface area contributed by atoms with Gasteiger partial charge in [-0.3, -0.25) is 14.4 Å². The third kappa shape index (κ3) is 3.14. The summed E-state index contributed by atoms with van der Waals surface area (Å²) in [6, 6.07) is 4.86. The van der Waals surface area contributed by atoms with Gasteiger partial charge in [-0.1, -0.05) is 37.3 Å². The van der Waals surface area contributed by atoms with Gasteiger partial charge in [-0.05, 0) is 5.56 Å². The number of aliphatic carboxylic acids is 1. The van der Waals surface area contributed by atoms with Gasteiger partial charge in [0.15, 0.2) is 0 Å². The summed E-state index contributed by atoms with van der Waals surface area (Å²) in [7, 11) is 0. The molecule has 9 nitrogen and oxygen atoms in total. The van der Waals surface area contributed by atoms with E-state index in [0.29, 0.717) is 5.56 Å². The maximum absolute atomic E-state index is 12.5. The van der Waals surface area contributed by atoms with Crippen LogP contribution in [0.4, 0.5) is 0 Å². The monoisotopic (exact) mass is 375 g/mol. The normalized spacial score (nSPS) is 30.1. The van der Waals surface area contributed by atoms with Gasteiger partial charge < -0.3 is 25.8 Å². The molecule has 2 heterocycles. The van der Waals surface area contributed by atoms with Crippen molar-refractivity contribution in [3.05, 3.63) is 35.9 Å². The van der Waals surface area contributed by atoms with Gasteiger partial charge in [0.2, 0.25) is 11.8 Å². The number of nitrogens with two attached hydrogens (primary N) is 1. The molecule has 27 heavy (non-hydrogen) atoms. The van der Waals surface area contributed by atoms with E-state index in [9.17, 15) is 24.3 Å². The lowest BCUT2D eigenvalue weighted by molar-refractivity contribution is -0.166. The number of carboxylic acid groups (broad SMARTS) is 1. The first-order valence-corrected chi connectivity index (χ1v) is 8.57. The maximum Gasteiger partial charge on any atom is 0.326 e. The minimum Gasteiger partial charge on any atom is -0.480 e. The summed E-state index contributed by atoms with van der Waals surface area (Å²) in [6.45, 7) is 2.82. The molecule has 0 bridgehead atoms. The van der Waals surface area contributed by atoms with Gasteiger partial charge in [0, 0.05) is 12.8 Å². The van der Waals surface area contributed by atoms with Gasteiger partial charge in [-0.2, -0.15) is 0 Å². The van der Waals surface area contributed by atoms with Gasteiger partial charge in [-0.25, -0.2) is 4.79 Å². The average molecular weight is 375 g/mol. The number of carboxylic acids is 1. The predicted molar refractivity (Wildman–Crippen MR) is 92.1 cm³/mol. The van der Waals surface area contributed by atoms with Crippen LogP contribution in [0.2, 0.25) is 0 Å². The van der Waals surface area contributed by atoms with Gasteiger partial charge >= 0.3 is 11.9 Å². The molecule has 2 fully saturated rings. The summed E-state index contributed by atoms with van der Waals surface area (Å²) >= 11 is 0.